The van der Waals surface area contributed by atoms with Crippen LogP contribution in [-0.2, 0) is 26.2 Å². The summed E-state index contributed by atoms with van der Waals surface area (Å²) in [7, 11) is 0. The second-order valence-corrected chi connectivity index (χ2v) is 8.84. The molecule has 0 fully saturated rings. The van der Waals surface area contributed by atoms with E-state index in [9.17, 15) is 9.59 Å². The van der Waals surface area contributed by atoms with Crippen LogP contribution in [0.4, 0.5) is 0 Å². The summed E-state index contributed by atoms with van der Waals surface area (Å²) in [5.74, 6) is 0.605. The van der Waals surface area contributed by atoms with Crippen molar-refractivity contribution in [2.75, 3.05) is 6.26 Å². The number of aliphatic imine (C=N–C) groups is 1. The summed E-state index contributed by atoms with van der Waals surface area (Å²) in [4.78, 5) is 33.5. The first kappa shape index (κ1) is 26.0. The van der Waals surface area contributed by atoms with Gasteiger partial charge in [0.05, 0.1) is 18.7 Å². The minimum atomic E-state index is -0.398. The largest absolute Gasteiger partial charge is 0.352 e. The van der Waals surface area contributed by atoms with Gasteiger partial charge in [0.25, 0.3) is 5.56 Å². The van der Waals surface area contributed by atoms with Gasteiger partial charge in [0.1, 0.15) is 0 Å². The number of aromatic amines is 1. The Bertz CT molecular complexity index is 1160. The first-order valence-corrected chi connectivity index (χ1v) is 12.1. The van der Waals surface area contributed by atoms with Crippen molar-refractivity contribution in [3.8, 4) is 0 Å². The second kappa shape index (κ2) is 12.7. The number of benzene rings is 1. The standard InChI is InChI=1S/C22H27N5O2S2.BrH/c1-4-27-14-17(20(28)26-22(27)29)12-24-21(25-13-18-6-5-9-31-18)23-11-16-7-8-19(30-3)15(2)10-16;/h5-10,14H,4,11-13H2,1-3H3,(H2,23,24,25)(H,26,28,29);1H. The molecule has 0 bridgehead atoms. The number of nitrogens with one attached hydrogen (secondary N) is 3. The Morgan fingerprint density at radius 3 is 2.66 bits per heavy atom. The van der Waals surface area contributed by atoms with Gasteiger partial charge in [-0.15, -0.1) is 40.1 Å². The summed E-state index contributed by atoms with van der Waals surface area (Å²) >= 11 is 3.40. The first-order valence-electron chi connectivity index (χ1n) is 10.0. The number of thiophene rings is 1. The lowest BCUT2D eigenvalue weighted by molar-refractivity contribution is 0.673. The monoisotopic (exact) mass is 537 g/mol. The molecule has 3 aromatic rings. The summed E-state index contributed by atoms with van der Waals surface area (Å²) in [6.45, 7) is 5.86. The number of hydrogen-bond acceptors (Lipinski definition) is 5. The molecule has 172 valence electrons. The summed E-state index contributed by atoms with van der Waals surface area (Å²) in [6.07, 6.45) is 3.66. The molecule has 0 spiro atoms. The molecule has 1 aromatic carbocycles. The van der Waals surface area contributed by atoms with E-state index in [0.717, 1.165) is 5.56 Å². The van der Waals surface area contributed by atoms with Crippen LogP contribution in [0.15, 0.2) is 61.4 Å². The van der Waals surface area contributed by atoms with Crippen LogP contribution in [0.5, 0.6) is 0 Å². The van der Waals surface area contributed by atoms with Crippen molar-refractivity contribution in [1.29, 1.82) is 0 Å². The lowest BCUT2D eigenvalue weighted by Crippen LogP contribution is -2.39. The topological polar surface area (TPSA) is 91.3 Å². The van der Waals surface area contributed by atoms with E-state index in [-0.39, 0.29) is 29.1 Å². The lowest BCUT2D eigenvalue weighted by atomic mass is 10.1. The number of aromatic nitrogens is 2. The number of H-pyrrole nitrogens is 1. The van der Waals surface area contributed by atoms with Crippen LogP contribution >= 0.6 is 40.1 Å². The maximum absolute atomic E-state index is 12.2. The molecule has 0 atom stereocenters. The molecule has 32 heavy (non-hydrogen) atoms. The van der Waals surface area contributed by atoms with Crippen molar-refractivity contribution >= 4 is 46.0 Å². The zero-order valence-electron chi connectivity index (χ0n) is 18.3. The van der Waals surface area contributed by atoms with Crippen LogP contribution in [0.2, 0.25) is 0 Å². The summed E-state index contributed by atoms with van der Waals surface area (Å²) < 4.78 is 1.48. The Balaban J connectivity index is 0.00000363. The van der Waals surface area contributed by atoms with Gasteiger partial charge < -0.3 is 15.2 Å². The summed E-state index contributed by atoms with van der Waals surface area (Å²) in [5.41, 5.74) is 2.04. The van der Waals surface area contributed by atoms with Crippen LogP contribution in [0, 0.1) is 6.92 Å². The molecule has 0 aliphatic heterocycles. The van der Waals surface area contributed by atoms with Crippen LogP contribution in [-0.4, -0.2) is 21.8 Å². The van der Waals surface area contributed by atoms with Crippen LogP contribution in [0.1, 0.15) is 28.5 Å². The van der Waals surface area contributed by atoms with Crippen LogP contribution < -0.4 is 21.9 Å². The molecular weight excluding hydrogens is 510 g/mol. The van der Waals surface area contributed by atoms with E-state index in [4.69, 9.17) is 4.99 Å². The average Bonchev–Trinajstić information content (AvgIpc) is 3.28. The number of guanidine groups is 1. The van der Waals surface area contributed by atoms with Gasteiger partial charge >= 0.3 is 5.69 Å². The zero-order valence-corrected chi connectivity index (χ0v) is 21.7. The number of thioether (sulfide) groups is 1. The van der Waals surface area contributed by atoms with E-state index in [1.165, 1.54) is 19.9 Å². The highest BCUT2D eigenvalue weighted by atomic mass is 79.9. The number of hydrogen-bond donors (Lipinski definition) is 3. The van der Waals surface area contributed by atoms with E-state index in [1.54, 1.807) is 29.3 Å². The summed E-state index contributed by atoms with van der Waals surface area (Å²) in [5, 5.41) is 8.58. The Morgan fingerprint density at radius 1 is 1.22 bits per heavy atom. The van der Waals surface area contributed by atoms with Gasteiger partial charge in [0, 0.05) is 29.1 Å². The molecule has 0 radical (unpaired) electrons. The third-order valence-electron chi connectivity index (χ3n) is 4.76. The summed E-state index contributed by atoms with van der Waals surface area (Å²) in [6, 6.07) is 10.4. The Kier molecular flexibility index (Phi) is 10.3. The van der Waals surface area contributed by atoms with Gasteiger partial charge in [-0.3, -0.25) is 9.78 Å². The molecule has 0 aliphatic rings. The Labute approximate surface area is 206 Å². The molecular formula is C22H28BrN5O2S2. The molecule has 3 rings (SSSR count). The van der Waals surface area contributed by atoms with Crippen molar-refractivity contribution in [1.82, 2.24) is 20.2 Å². The lowest BCUT2D eigenvalue weighted by Gasteiger charge is -2.13. The minimum Gasteiger partial charge on any atom is -0.352 e. The smallest absolute Gasteiger partial charge is 0.328 e. The van der Waals surface area contributed by atoms with Crippen molar-refractivity contribution in [2.45, 2.75) is 44.9 Å². The van der Waals surface area contributed by atoms with Crippen LogP contribution in [0.3, 0.4) is 0 Å². The molecule has 0 saturated carbocycles. The highest BCUT2D eigenvalue weighted by Gasteiger charge is 2.07. The molecule has 3 N–H and O–H groups in total. The van der Waals surface area contributed by atoms with Gasteiger partial charge in [0.2, 0.25) is 0 Å². The molecule has 7 nitrogen and oxygen atoms in total. The van der Waals surface area contributed by atoms with Gasteiger partial charge in [-0.25, -0.2) is 9.79 Å². The predicted molar refractivity (Wildman–Crippen MR) is 139 cm³/mol. The highest BCUT2D eigenvalue weighted by Crippen LogP contribution is 2.21. The average molecular weight is 539 g/mol. The number of rotatable bonds is 8. The second-order valence-electron chi connectivity index (χ2n) is 6.95. The molecule has 0 unspecified atom stereocenters. The number of nitrogens with zero attached hydrogens (tertiary/aromatic N) is 2. The maximum atomic E-state index is 12.2. The number of aryl methyl sites for hydroxylation is 2. The van der Waals surface area contributed by atoms with E-state index >= 15 is 0 Å². The van der Waals surface area contributed by atoms with Crippen molar-refractivity contribution in [2.24, 2.45) is 4.99 Å². The van der Waals surface area contributed by atoms with E-state index < -0.39 is 5.69 Å². The van der Waals surface area contributed by atoms with Crippen molar-refractivity contribution in [3.63, 3.8) is 0 Å². The van der Waals surface area contributed by atoms with Crippen molar-refractivity contribution in [3.05, 3.63) is 84.3 Å². The highest BCUT2D eigenvalue weighted by molar-refractivity contribution is 8.93. The van der Waals surface area contributed by atoms with Gasteiger partial charge in [0.15, 0.2) is 5.96 Å². The third-order valence-corrected chi connectivity index (χ3v) is 6.54. The van der Waals surface area contributed by atoms with Crippen molar-refractivity contribution < 1.29 is 0 Å². The predicted octanol–water partition coefficient (Wildman–Crippen LogP) is 3.66. The fourth-order valence-corrected chi connectivity index (χ4v) is 4.29. The SMILES string of the molecule is Br.CCn1cc(CNC(=NCc2ccc(SC)c(C)c2)NCc2cccs2)c(=O)[nH]c1=O. The molecule has 2 heterocycles. The Morgan fingerprint density at radius 2 is 2.00 bits per heavy atom. The zero-order chi connectivity index (χ0) is 22.2. The fraction of sp³-hybridized carbons (Fsp3) is 0.318. The van der Waals surface area contributed by atoms with Crippen LogP contribution in [0.25, 0.3) is 0 Å². The van der Waals surface area contributed by atoms with Gasteiger partial charge in [-0.2, -0.15) is 0 Å². The van der Waals surface area contributed by atoms with Gasteiger partial charge in [-0.05, 0) is 48.7 Å². The first-order chi connectivity index (χ1) is 15.0. The number of halogens is 1. The Hall–Kier alpha value is -2.30. The van der Waals surface area contributed by atoms with E-state index in [0.29, 0.717) is 31.2 Å². The maximum Gasteiger partial charge on any atom is 0.328 e. The molecule has 0 saturated heterocycles. The van der Waals surface area contributed by atoms with Gasteiger partial charge in [-0.1, -0.05) is 18.2 Å². The van der Waals surface area contributed by atoms with E-state index in [1.807, 2.05) is 18.4 Å². The van der Waals surface area contributed by atoms with E-state index in [2.05, 4.69) is 53.1 Å². The molecule has 0 amide bonds. The fourth-order valence-electron chi connectivity index (χ4n) is 3.06. The third kappa shape index (κ3) is 7.11. The minimum absolute atomic E-state index is 0. The normalized spacial score (nSPS) is 11.2. The molecule has 2 aromatic heterocycles. The quantitative estimate of drug-likeness (QED) is 0.231. The molecule has 10 heteroatoms. The molecule has 0 aliphatic carbocycles.